The molecule has 6 nitrogen and oxygen atoms in total. The third-order valence-electron chi connectivity index (χ3n) is 4.32. The number of hydrogen-bond acceptors (Lipinski definition) is 4. The fourth-order valence-electron chi connectivity index (χ4n) is 3.07. The molecule has 0 aromatic heterocycles. The van der Waals surface area contributed by atoms with Gasteiger partial charge in [-0.05, 0) is 24.6 Å². The smallest absolute Gasteiger partial charge is 0.253 e. The van der Waals surface area contributed by atoms with Gasteiger partial charge in [0, 0.05) is 25.2 Å². The van der Waals surface area contributed by atoms with Crippen molar-refractivity contribution in [1.29, 1.82) is 0 Å². The lowest BCUT2D eigenvalue weighted by atomic mass is 9.92. The van der Waals surface area contributed by atoms with Gasteiger partial charge in [-0.3, -0.25) is 9.59 Å². The number of nitrogens with zero attached hydrogens (tertiary/aromatic N) is 1. The molecule has 7 heteroatoms. The van der Waals surface area contributed by atoms with E-state index in [0.29, 0.717) is 49.0 Å². The number of nitrogens with one attached hydrogen (secondary N) is 1. The number of methoxy groups -OCH3 is 1. The first-order chi connectivity index (χ1) is 11.1. The molecule has 1 N–H and O–H groups in total. The van der Waals surface area contributed by atoms with Gasteiger partial charge in [0.25, 0.3) is 5.91 Å². The van der Waals surface area contributed by atoms with Gasteiger partial charge in [-0.1, -0.05) is 11.6 Å². The number of piperidine rings is 1. The standard InChI is InChI=1S/C16H19ClN2O4/c1-22-13-3-2-10(8-12(13)17)16(21)19-6-4-11-14(9-19)23-7-5-18-15(11)20/h2-3,8,11,14H,4-7,9H2,1H3,(H,18,20)/t11-,14+/m1/s1. The van der Waals surface area contributed by atoms with E-state index >= 15 is 0 Å². The highest BCUT2D eigenvalue weighted by Gasteiger charge is 2.37. The number of ether oxygens (including phenoxy) is 2. The molecule has 0 radical (unpaired) electrons. The predicted molar refractivity (Wildman–Crippen MR) is 84.8 cm³/mol. The van der Waals surface area contributed by atoms with Crippen LogP contribution in [0, 0.1) is 5.92 Å². The van der Waals surface area contributed by atoms with E-state index in [0.717, 1.165) is 0 Å². The summed E-state index contributed by atoms with van der Waals surface area (Å²) in [5, 5.41) is 3.24. The second-order valence-corrected chi connectivity index (χ2v) is 6.10. The minimum absolute atomic E-state index is 0.0205. The van der Waals surface area contributed by atoms with Gasteiger partial charge in [0.05, 0.1) is 30.8 Å². The quantitative estimate of drug-likeness (QED) is 0.883. The van der Waals surface area contributed by atoms with Crippen LogP contribution in [0.1, 0.15) is 16.8 Å². The van der Waals surface area contributed by atoms with E-state index in [4.69, 9.17) is 21.1 Å². The van der Waals surface area contributed by atoms with Crippen molar-refractivity contribution in [2.45, 2.75) is 12.5 Å². The summed E-state index contributed by atoms with van der Waals surface area (Å²) in [6.07, 6.45) is 0.357. The molecule has 1 aromatic carbocycles. The zero-order valence-corrected chi connectivity index (χ0v) is 13.6. The Morgan fingerprint density at radius 3 is 3.04 bits per heavy atom. The van der Waals surface area contributed by atoms with Gasteiger partial charge >= 0.3 is 0 Å². The van der Waals surface area contributed by atoms with Crippen LogP contribution in [0.15, 0.2) is 18.2 Å². The summed E-state index contributed by atoms with van der Waals surface area (Å²) >= 11 is 6.09. The first-order valence-electron chi connectivity index (χ1n) is 7.62. The number of hydrogen-bond donors (Lipinski definition) is 1. The van der Waals surface area contributed by atoms with Crippen molar-refractivity contribution < 1.29 is 19.1 Å². The van der Waals surface area contributed by atoms with Crippen LogP contribution in [-0.2, 0) is 9.53 Å². The molecule has 0 aliphatic carbocycles. The third-order valence-corrected chi connectivity index (χ3v) is 4.61. The average molecular weight is 339 g/mol. The Balaban J connectivity index is 1.73. The minimum Gasteiger partial charge on any atom is -0.495 e. The van der Waals surface area contributed by atoms with Crippen molar-refractivity contribution in [2.75, 3.05) is 33.4 Å². The number of rotatable bonds is 2. The largest absolute Gasteiger partial charge is 0.495 e. The first-order valence-corrected chi connectivity index (χ1v) is 8.00. The molecule has 2 atom stereocenters. The van der Waals surface area contributed by atoms with Crippen LogP contribution in [0.5, 0.6) is 5.75 Å². The lowest BCUT2D eigenvalue weighted by Gasteiger charge is -2.36. The highest BCUT2D eigenvalue weighted by atomic mass is 35.5. The second kappa shape index (κ2) is 6.76. The van der Waals surface area contributed by atoms with Gasteiger partial charge < -0.3 is 19.7 Å². The molecule has 2 amide bonds. The number of benzene rings is 1. The fraction of sp³-hybridized carbons (Fsp3) is 0.500. The van der Waals surface area contributed by atoms with Crippen LogP contribution in [-0.4, -0.2) is 56.2 Å². The molecular formula is C16H19ClN2O4. The van der Waals surface area contributed by atoms with Gasteiger partial charge in [0.15, 0.2) is 0 Å². The predicted octanol–water partition coefficient (Wildman–Crippen LogP) is 1.33. The first kappa shape index (κ1) is 16.1. The summed E-state index contributed by atoms with van der Waals surface area (Å²) in [5.41, 5.74) is 0.507. The average Bonchev–Trinajstić information content (AvgIpc) is 2.75. The number of halogens is 1. The number of amides is 2. The minimum atomic E-state index is -0.246. The number of carbonyl (C=O) groups excluding carboxylic acids is 2. The van der Waals surface area contributed by atoms with E-state index in [2.05, 4.69) is 5.32 Å². The van der Waals surface area contributed by atoms with Gasteiger partial charge in [0.1, 0.15) is 5.75 Å². The Labute approximate surface area is 139 Å². The molecule has 124 valence electrons. The normalized spacial score (nSPS) is 24.4. The molecule has 0 bridgehead atoms. The SMILES string of the molecule is COc1ccc(C(=O)N2CC[C@H]3C(=O)NCCO[C@H]3C2)cc1Cl. The molecular weight excluding hydrogens is 320 g/mol. The lowest BCUT2D eigenvalue weighted by molar-refractivity contribution is -0.129. The molecule has 3 rings (SSSR count). The van der Waals surface area contributed by atoms with Crippen molar-refractivity contribution in [3.8, 4) is 5.75 Å². The van der Waals surface area contributed by atoms with E-state index in [1.807, 2.05) is 0 Å². The summed E-state index contributed by atoms with van der Waals surface area (Å²) < 4.78 is 10.8. The molecule has 2 heterocycles. The summed E-state index contributed by atoms with van der Waals surface area (Å²) in [5.74, 6) is 0.264. The van der Waals surface area contributed by atoms with Crippen LogP contribution in [0.3, 0.4) is 0 Å². The van der Waals surface area contributed by atoms with Crippen molar-refractivity contribution in [3.63, 3.8) is 0 Å². The van der Waals surface area contributed by atoms with Crippen LogP contribution >= 0.6 is 11.6 Å². The van der Waals surface area contributed by atoms with Gasteiger partial charge in [-0.15, -0.1) is 0 Å². The van der Waals surface area contributed by atoms with E-state index in [-0.39, 0.29) is 23.8 Å². The van der Waals surface area contributed by atoms with Crippen LogP contribution in [0.4, 0.5) is 0 Å². The molecule has 0 saturated carbocycles. The van der Waals surface area contributed by atoms with Crippen molar-refractivity contribution in [2.24, 2.45) is 5.92 Å². The van der Waals surface area contributed by atoms with E-state index in [1.165, 1.54) is 7.11 Å². The summed E-state index contributed by atoms with van der Waals surface area (Å²) in [6, 6.07) is 4.98. The molecule has 2 saturated heterocycles. The molecule has 2 aliphatic heterocycles. The monoisotopic (exact) mass is 338 g/mol. The summed E-state index contributed by atoms with van der Waals surface area (Å²) in [4.78, 5) is 26.4. The summed E-state index contributed by atoms with van der Waals surface area (Å²) in [7, 11) is 1.53. The molecule has 1 aromatic rings. The van der Waals surface area contributed by atoms with Crippen LogP contribution in [0.2, 0.25) is 5.02 Å². The maximum Gasteiger partial charge on any atom is 0.253 e. The Morgan fingerprint density at radius 2 is 2.30 bits per heavy atom. The van der Waals surface area contributed by atoms with Gasteiger partial charge in [-0.25, -0.2) is 0 Å². The molecule has 0 unspecified atom stereocenters. The van der Waals surface area contributed by atoms with E-state index < -0.39 is 0 Å². The van der Waals surface area contributed by atoms with Crippen LogP contribution < -0.4 is 10.1 Å². The Kier molecular flexibility index (Phi) is 4.73. The zero-order chi connectivity index (χ0) is 16.4. The lowest BCUT2D eigenvalue weighted by Crippen LogP contribution is -2.50. The van der Waals surface area contributed by atoms with Crippen molar-refractivity contribution in [1.82, 2.24) is 10.2 Å². The molecule has 0 spiro atoms. The maximum atomic E-state index is 12.7. The Morgan fingerprint density at radius 1 is 1.48 bits per heavy atom. The topological polar surface area (TPSA) is 67.9 Å². The maximum absolute atomic E-state index is 12.7. The van der Waals surface area contributed by atoms with Gasteiger partial charge in [-0.2, -0.15) is 0 Å². The summed E-state index contributed by atoms with van der Waals surface area (Å²) in [6.45, 7) is 1.94. The zero-order valence-electron chi connectivity index (χ0n) is 12.9. The number of likely N-dealkylation sites (tertiary alicyclic amines) is 1. The van der Waals surface area contributed by atoms with Crippen molar-refractivity contribution >= 4 is 23.4 Å². The van der Waals surface area contributed by atoms with Crippen LogP contribution in [0.25, 0.3) is 0 Å². The molecule has 23 heavy (non-hydrogen) atoms. The fourth-order valence-corrected chi connectivity index (χ4v) is 3.33. The number of fused-ring (bicyclic) bond motifs is 1. The van der Waals surface area contributed by atoms with E-state index in [1.54, 1.807) is 23.1 Å². The van der Waals surface area contributed by atoms with E-state index in [9.17, 15) is 9.59 Å². The Hall–Kier alpha value is -1.79. The second-order valence-electron chi connectivity index (χ2n) is 5.70. The third kappa shape index (κ3) is 3.28. The highest BCUT2D eigenvalue weighted by molar-refractivity contribution is 6.32. The molecule has 2 aliphatic rings. The molecule has 2 fully saturated rings. The highest BCUT2D eigenvalue weighted by Crippen LogP contribution is 2.27. The Bertz CT molecular complexity index is 622. The number of carbonyl (C=O) groups is 2. The van der Waals surface area contributed by atoms with Gasteiger partial charge in [0.2, 0.25) is 5.91 Å². The van der Waals surface area contributed by atoms with Crippen molar-refractivity contribution in [3.05, 3.63) is 28.8 Å².